The molecule has 0 saturated heterocycles. The summed E-state index contributed by atoms with van der Waals surface area (Å²) in [6.45, 7) is 0. The first-order valence-electron chi connectivity index (χ1n) is 2.41. The van der Waals surface area contributed by atoms with E-state index in [1.54, 1.807) is 0 Å². The minimum absolute atomic E-state index is 0. The molecule has 0 fully saturated rings. The van der Waals surface area contributed by atoms with E-state index in [1.807, 2.05) is 0 Å². The molecule has 0 radical (unpaired) electrons. The zero-order valence-corrected chi connectivity index (χ0v) is 6.56. The molecule has 7 heteroatoms. The van der Waals surface area contributed by atoms with Crippen LogP contribution in [0.3, 0.4) is 0 Å². The number of thiazole rings is 1. The largest absolute Gasteiger partial charge is 0.394 e. The zero-order valence-electron chi connectivity index (χ0n) is 4.98. The molecule has 0 saturated carbocycles. The van der Waals surface area contributed by atoms with E-state index in [2.05, 4.69) is 4.98 Å². The lowest BCUT2D eigenvalue weighted by molar-refractivity contribution is -0.388. The van der Waals surface area contributed by atoms with Crippen LogP contribution in [0, 0.1) is 10.1 Å². The van der Waals surface area contributed by atoms with Gasteiger partial charge in [0.05, 0.1) is 0 Å². The molecule has 0 spiro atoms. The first-order valence-corrected chi connectivity index (χ1v) is 3.60. The molecule has 0 N–H and O–H groups in total. The molecule has 66 valence electrons. The van der Waals surface area contributed by atoms with E-state index in [4.69, 9.17) is 11.6 Å². The van der Waals surface area contributed by atoms with Crippen LogP contribution in [0.2, 0.25) is 4.34 Å². The third-order valence-electron chi connectivity index (χ3n) is 0.860. The Morgan fingerprint density at radius 3 is 2.50 bits per heavy atom. The fourth-order valence-corrected chi connectivity index (χ4v) is 1.40. The number of aldehydes is 1. The van der Waals surface area contributed by atoms with Crippen molar-refractivity contribution in [1.29, 1.82) is 0 Å². The van der Waals surface area contributed by atoms with Gasteiger partial charge in [0, 0.05) is 0 Å². The van der Waals surface area contributed by atoms with Gasteiger partial charge in [-0.25, -0.2) is 0 Å². The Balaban J connectivity index is 0.00000121. The number of hydrogen-bond donors (Lipinski definition) is 0. The Bertz CT molecular complexity index is 312. The summed E-state index contributed by atoms with van der Waals surface area (Å²) in [6.07, 6.45) is 0.420. The monoisotopic (exact) mass is 208 g/mol. The van der Waals surface area contributed by atoms with Crippen molar-refractivity contribution in [3.8, 4) is 0 Å². The van der Waals surface area contributed by atoms with Gasteiger partial charge in [-0.1, -0.05) is 30.4 Å². The second kappa shape index (κ2) is 4.13. The highest BCUT2D eigenvalue weighted by molar-refractivity contribution is 7.17. The van der Waals surface area contributed by atoms with Gasteiger partial charge in [-0.15, -0.1) is 0 Å². The van der Waals surface area contributed by atoms with Crippen LogP contribution >= 0.6 is 22.9 Å². The fourth-order valence-electron chi connectivity index (χ4n) is 0.472. The third-order valence-corrected chi connectivity index (χ3v) is 2.02. The second-order valence-corrected chi connectivity index (χ2v) is 3.16. The number of aromatic nitrogens is 1. The highest BCUT2D eigenvalue weighted by Gasteiger charge is 2.20. The molecule has 0 aliphatic heterocycles. The first kappa shape index (κ1) is 11.0. The molecule has 0 aliphatic rings. The molecule has 0 aromatic carbocycles. The van der Waals surface area contributed by atoms with Gasteiger partial charge in [-0.3, -0.25) is 4.79 Å². The van der Waals surface area contributed by atoms with E-state index < -0.39 is 10.7 Å². The molecule has 1 heterocycles. The number of nitro groups is 1. The highest BCUT2D eigenvalue weighted by atomic mass is 35.5. The lowest BCUT2D eigenvalue weighted by atomic mass is 10.7. The van der Waals surface area contributed by atoms with Crippen molar-refractivity contribution in [3.05, 3.63) is 19.5 Å². The smallest absolute Gasteiger partial charge is 0.358 e. The summed E-state index contributed by atoms with van der Waals surface area (Å²) in [6, 6.07) is 0. The van der Waals surface area contributed by atoms with Gasteiger partial charge in [0.25, 0.3) is 5.01 Å². The van der Waals surface area contributed by atoms with E-state index >= 15 is 0 Å². The Labute approximate surface area is 77.1 Å². The molecular weight excluding hydrogens is 204 g/mol. The Kier molecular flexibility index (Phi) is 3.78. The standard InChI is InChI=1S/C4HClN2O3S.CH4/c5-3-4(7(9)10)6-2(1-8)11-3;/h1H;1H4. The van der Waals surface area contributed by atoms with Crippen molar-refractivity contribution in [1.82, 2.24) is 4.98 Å². The van der Waals surface area contributed by atoms with E-state index in [-0.39, 0.29) is 16.8 Å². The van der Waals surface area contributed by atoms with Crippen molar-refractivity contribution in [2.24, 2.45) is 0 Å². The molecule has 0 aliphatic carbocycles. The first-order chi connectivity index (χ1) is 5.15. The van der Waals surface area contributed by atoms with Gasteiger partial charge in [0.2, 0.25) is 6.29 Å². The van der Waals surface area contributed by atoms with Gasteiger partial charge in [-0.05, 0) is 9.91 Å². The Morgan fingerprint density at radius 2 is 2.25 bits per heavy atom. The Hall–Kier alpha value is -1.01. The summed E-state index contributed by atoms with van der Waals surface area (Å²) in [5, 5.41) is 10.1. The molecule has 1 aromatic rings. The van der Waals surface area contributed by atoms with Gasteiger partial charge in [0.15, 0.2) is 4.34 Å². The summed E-state index contributed by atoms with van der Waals surface area (Å²) in [7, 11) is 0. The molecule has 0 amide bonds. The average Bonchev–Trinajstić information content (AvgIpc) is 2.30. The zero-order chi connectivity index (χ0) is 8.43. The molecule has 1 rings (SSSR count). The quantitative estimate of drug-likeness (QED) is 0.424. The van der Waals surface area contributed by atoms with Crippen LogP contribution in [0.5, 0.6) is 0 Å². The van der Waals surface area contributed by atoms with Crippen LogP contribution in [0.4, 0.5) is 5.82 Å². The summed E-state index contributed by atoms with van der Waals surface area (Å²) < 4.78 is -0.0721. The summed E-state index contributed by atoms with van der Waals surface area (Å²) in [4.78, 5) is 22.8. The second-order valence-electron chi connectivity index (χ2n) is 1.52. The number of carbonyl (C=O) groups excluding carboxylic acids is 1. The maximum atomic E-state index is 10.1. The van der Waals surface area contributed by atoms with E-state index in [0.29, 0.717) is 6.29 Å². The van der Waals surface area contributed by atoms with Crippen LogP contribution in [-0.4, -0.2) is 16.2 Å². The van der Waals surface area contributed by atoms with E-state index in [9.17, 15) is 14.9 Å². The molecule has 0 bridgehead atoms. The summed E-state index contributed by atoms with van der Waals surface area (Å²) in [5.74, 6) is -0.459. The minimum atomic E-state index is -0.730. The van der Waals surface area contributed by atoms with Crippen molar-refractivity contribution in [2.75, 3.05) is 0 Å². The predicted molar refractivity (Wildman–Crippen MR) is 45.9 cm³/mol. The number of rotatable bonds is 2. The van der Waals surface area contributed by atoms with Gasteiger partial charge in [0.1, 0.15) is 0 Å². The summed E-state index contributed by atoms with van der Waals surface area (Å²) >= 11 is 6.16. The number of halogens is 1. The molecule has 12 heavy (non-hydrogen) atoms. The number of carbonyl (C=O) groups is 1. The van der Waals surface area contributed by atoms with Gasteiger partial charge < -0.3 is 10.1 Å². The molecule has 1 aromatic heterocycles. The lowest BCUT2D eigenvalue weighted by Gasteiger charge is -1.84. The highest BCUT2D eigenvalue weighted by Crippen LogP contribution is 2.28. The van der Waals surface area contributed by atoms with Gasteiger partial charge >= 0.3 is 5.82 Å². The number of nitrogens with zero attached hydrogens (tertiary/aromatic N) is 2. The van der Waals surface area contributed by atoms with Crippen molar-refractivity contribution >= 4 is 35.0 Å². The van der Waals surface area contributed by atoms with E-state index in [1.165, 1.54) is 0 Å². The maximum absolute atomic E-state index is 10.1. The van der Waals surface area contributed by atoms with E-state index in [0.717, 1.165) is 11.3 Å². The predicted octanol–water partition coefficient (Wildman–Crippen LogP) is 2.15. The molecular formula is C5H5ClN2O3S. The van der Waals surface area contributed by atoms with Crippen LogP contribution in [0.1, 0.15) is 17.2 Å². The average molecular weight is 209 g/mol. The van der Waals surface area contributed by atoms with Crippen LogP contribution < -0.4 is 0 Å². The SMILES string of the molecule is C.O=Cc1nc([N+](=O)[O-])c(Cl)s1. The fraction of sp³-hybridized carbons (Fsp3) is 0.200. The van der Waals surface area contributed by atoms with Gasteiger partial charge in [-0.2, -0.15) is 0 Å². The van der Waals surface area contributed by atoms with Crippen molar-refractivity contribution in [3.63, 3.8) is 0 Å². The van der Waals surface area contributed by atoms with Crippen LogP contribution in [-0.2, 0) is 0 Å². The molecule has 0 atom stereocenters. The van der Waals surface area contributed by atoms with Crippen molar-refractivity contribution in [2.45, 2.75) is 7.43 Å². The Morgan fingerprint density at radius 1 is 1.67 bits per heavy atom. The third kappa shape index (κ3) is 1.99. The topological polar surface area (TPSA) is 73.1 Å². The van der Waals surface area contributed by atoms with Crippen LogP contribution in [0.15, 0.2) is 0 Å². The maximum Gasteiger partial charge on any atom is 0.394 e. The minimum Gasteiger partial charge on any atom is -0.358 e. The van der Waals surface area contributed by atoms with Crippen LogP contribution in [0.25, 0.3) is 0 Å². The lowest BCUT2D eigenvalue weighted by Crippen LogP contribution is -1.88. The molecule has 5 nitrogen and oxygen atoms in total. The number of hydrogen-bond acceptors (Lipinski definition) is 5. The summed E-state index contributed by atoms with van der Waals surface area (Å²) in [5.41, 5.74) is 0. The van der Waals surface area contributed by atoms with Crippen molar-refractivity contribution < 1.29 is 9.72 Å². The normalized spacial score (nSPS) is 8.75. The molecule has 0 unspecified atom stereocenters.